The van der Waals surface area contributed by atoms with E-state index in [9.17, 15) is 25.4 Å². The molecule has 0 atom stereocenters. The fourth-order valence-electron chi connectivity index (χ4n) is 4.85. The number of rotatable bonds is 8. The summed E-state index contributed by atoms with van der Waals surface area (Å²) >= 11 is 0. The summed E-state index contributed by atoms with van der Waals surface area (Å²) in [4.78, 5) is 26.5. The number of nitro benzene ring substituents is 1. The summed E-state index contributed by atoms with van der Waals surface area (Å²) in [5, 5.41) is 31.1. The fourth-order valence-corrected chi connectivity index (χ4v) is 4.85. The smallest absolute Gasteiger partial charge is 0.280 e. The number of carbonyl (C=O) groups is 1. The van der Waals surface area contributed by atoms with Gasteiger partial charge in [-0.2, -0.15) is 10.5 Å². The molecule has 0 saturated heterocycles. The van der Waals surface area contributed by atoms with E-state index in [1.165, 1.54) is 18.1 Å². The Morgan fingerprint density at radius 3 is 1.95 bits per heavy atom. The number of hydrogen-bond donors (Lipinski definition) is 0. The van der Waals surface area contributed by atoms with Crippen molar-refractivity contribution in [1.82, 2.24) is 0 Å². The van der Waals surface area contributed by atoms with Crippen LogP contribution < -0.4 is 9.64 Å². The van der Waals surface area contributed by atoms with E-state index in [-0.39, 0.29) is 18.0 Å². The first kappa shape index (κ1) is 27.6. The molecule has 0 heterocycles. The molecule has 0 bridgehead atoms. The van der Waals surface area contributed by atoms with Crippen LogP contribution in [0.2, 0.25) is 0 Å². The lowest BCUT2D eigenvalue weighted by Crippen LogP contribution is -2.27. The Hall–Kier alpha value is -5.47. The summed E-state index contributed by atoms with van der Waals surface area (Å²) in [6.07, 6.45) is 0.519. The topological polar surface area (TPSA) is 120 Å². The van der Waals surface area contributed by atoms with Crippen LogP contribution in [0.4, 0.5) is 17.1 Å². The molecule has 0 spiro atoms. The van der Waals surface area contributed by atoms with Crippen molar-refractivity contribution in [1.29, 1.82) is 10.5 Å². The number of benzene rings is 4. The highest BCUT2D eigenvalue weighted by Gasteiger charge is 2.24. The monoisotopic (exact) mass is 530 g/mol. The van der Waals surface area contributed by atoms with E-state index in [1.54, 1.807) is 60.7 Å². The maximum absolute atomic E-state index is 13.8. The molecule has 4 aromatic rings. The van der Waals surface area contributed by atoms with Crippen LogP contribution in [0.25, 0.3) is 11.1 Å². The lowest BCUT2D eigenvalue weighted by molar-refractivity contribution is -0.384. The molecule has 0 N–H and O–H groups in total. The molecule has 0 aromatic heterocycles. The summed E-state index contributed by atoms with van der Waals surface area (Å²) in [6, 6.07) is 26.4. The maximum atomic E-state index is 13.8. The molecule has 0 aliphatic rings. The van der Waals surface area contributed by atoms with Gasteiger partial charge in [-0.25, -0.2) is 0 Å². The van der Waals surface area contributed by atoms with Crippen molar-refractivity contribution in [3.05, 3.63) is 117 Å². The zero-order chi connectivity index (χ0) is 28.8. The third-order valence-electron chi connectivity index (χ3n) is 6.78. The Morgan fingerprint density at radius 1 is 0.900 bits per heavy atom. The molecular weight excluding hydrogens is 504 g/mol. The molecule has 1 amide bonds. The molecule has 0 saturated carbocycles. The largest absolute Gasteiger partial charge is 0.497 e. The zero-order valence-electron chi connectivity index (χ0n) is 22.3. The molecule has 8 nitrogen and oxygen atoms in total. The Morgan fingerprint density at radius 2 is 1.45 bits per heavy atom. The molecule has 198 valence electrons. The quantitative estimate of drug-likeness (QED) is 0.180. The van der Waals surface area contributed by atoms with Gasteiger partial charge in [-0.05, 0) is 78.9 Å². The summed E-state index contributed by atoms with van der Waals surface area (Å²) in [7, 11) is 1.46. The minimum atomic E-state index is -0.429. The van der Waals surface area contributed by atoms with Gasteiger partial charge in [-0.3, -0.25) is 19.8 Å². The van der Waals surface area contributed by atoms with E-state index >= 15 is 0 Å². The summed E-state index contributed by atoms with van der Waals surface area (Å²) in [5.41, 5.74) is 5.34. The van der Waals surface area contributed by atoms with E-state index in [2.05, 4.69) is 12.1 Å². The second-order valence-electron chi connectivity index (χ2n) is 9.22. The minimum absolute atomic E-state index is 0.0518. The van der Waals surface area contributed by atoms with Gasteiger partial charge in [-0.1, -0.05) is 36.4 Å². The molecule has 8 heteroatoms. The van der Waals surface area contributed by atoms with Gasteiger partial charge in [-0.15, -0.1) is 0 Å². The normalized spacial score (nSPS) is 10.3. The molecule has 0 aliphatic carbocycles. The van der Waals surface area contributed by atoms with Crippen LogP contribution in [0.1, 0.15) is 34.2 Å². The van der Waals surface area contributed by atoms with Gasteiger partial charge in [0.1, 0.15) is 17.9 Å². The van der Waals surface area contributed by atoms with Crippen LogP contribution in [0.15, 0.2) is 78.9 Å². The molecule has 0 unspecified atom stereocenters. The first-order valence-corrected chi connectivity index (χ1v) is 12.5. The number of amides is 1. The van der Waals surface area contributed by atoms with Gasteiger partial charge in [0.05, 0.1) is 46.2 Å². The fraction of sp³-hybridized carbons (Fsp3) is 0.156. The zero-order valence-corrected chi connectivity index (χ0v) is 22.3. The number of carbonyl (C=O) groups excluding carboxylic acids is 1. The Balaban J connectivity index is 1.68. The van der Waals surface area contributed by atoms with Crippen molar-refractivity contribution in [3.63, 3.8) is 0 Å². The van der Waals surface area contributed by atoms with Crippen molar-refractivity contribution >= 4 is 23.0 Å². The number of ether oxygens (including phenoxy) is 1. The number of hydrogen-bond acceptors (Lipinski definition) is 6. The number of nitrogens with zero attached hydrogens (tertiary/aromatic N) is 4. The summed E-state index contributed by atoms with van der Waals surface area (Å²) in [6.45, 7) is 3.83. The lowest BCUT2D eigenvalue weighted by atomic mass is 9.92. The minimum Gasteiger partial charge on any atom is -0.497 e. The average Bonchev–Trinajstić information content (AvgIpc) is 2.96. The van der Waals surface area contributed by atoms with Crippen LogP contribution in [-0.4, -0.2) is 17.9 Å². The number of para-hydroxylation sites is 2. The number of aryl methyl sites for hydroxylation is 2. The van der Waals surface area contributed by atoms with Crippen LogP contribution in [0.3, 0.4) is 0 Å². The van der Waals surface area contributed by atoms with E-state index in [0.29, 0.717) is 45.8 Å². The number of anilines is 2. The Labute approximate surface area is 232 Å². The van der Waals surface area contributed by atoms with Crippen molar-refractivity contribution in [2.45, 2.75) is 26.7 Å². The molecule has 0 aliphatic heterocycles. The average molecular weight is 531 g/mol. The molecule has 4 rings (SSSR count). The first-order chi connectivity index (χ1) is 19.3. The van der Waals surface area contributed by atoms with E-state index in [1.807, 2.05) is 26.0 Å². The van der Waals surface area contributed by atoms with Gasteiger partial charge in [0.15, 0.2) is 0 Å². The van der Waals surface area contributed by atoms with E-state index < -0.39 is 4.92 Å². The molecular formula is C32H26N4O4. The van der Waals surface area contributed by atoms with Gasteiger partial charge < -0.3 is 4.74 Å². The van der Waals surface area contributed by atoms with Crippen molar-refractivity contribution in [2.24, 2.45) is 0 Å². The Bertz CT molecular complexity index is 1620. The predicted molar refractivity (Wildman–Crippen MR) is 152 cm³/mol. The maximum Gasteiger partial charge on any atom is 0.280 e. The van der Waals surface area contributed by atoms with Crippen molar-refractivity contribution < 1.29 is 14.5 Å². The highest BCUT2D eigenvalue weighted by atomic mass is 16.6. The predicted octanol–water partition coefficient (Wildman–Crippen LogP) is 6.93. The first-order valence-electron chi connectivity index (χ1n) is 12.5. The highest BCUT2D eigenvalue weighted by molar-refractivity contribution is 6.02. The van der Waals surface area contributed by atoms with Crippen LogP contribution in [0.5, 0.6) is 5.75 Å². The summed E-state index contributed by atoms with van der Waals surface area (Å²) < 4.78 is 5.15. The molecule has 40 heavy (non-hydrogen) atoms. The van der Waals surface area contributed by atoms with Gasteiger partial charge >= 0.3 is 0 Å². The molecule has 0 fully saturated rings. The summed E-state index contributed by atoms with van der Waals surface area (Å²) in [5.74, 6) is 0.138. The highest BCUT2D eigenvalue weighted by Crippen LogP contribution is 2.36. The Kier molecular flexibility index (Phi) is 8.22. The third kappa shape index (κ3) is 5.52. The van der Waals surface area contributed by atoms with E-state index in [0.717, 1.165) is 16.7 Å². The second-order valence-corrected chi connectivity index (χ2v) is 9.22. The number of nitriles is 2. The lowest BCUT2D eigenvalue weighted by Gasteiger charge is -2.25. The molecule has 4 aromatic carbocycles. The van der Waals surface area contributed by atoms with Gasteiger partial charge in [0, 0.05) is 6.42 Å². The van der Waals surface area contributed by atoms with E-state index in [4.69, 9.17) is 4.74 Å². The second kappa shape index (κ2) is 11.9. The standard InChI is InChI=1S/C32H26N4O4/c1-21-16-25(28-13-12-26(40-3)18-31(28)36(38)39)17-22(2)27(21)14-15-32(37)35(29-10-6-4-8-23(29)19-33)30-11-7-5-9-24(30)20-34/h4-13,16-18H,14-15H2,1-3H3. The van der Waals surface area contributed by atoms with Gasteiger partial charge in [0.2, 0.25) is 5.91 Å². The van der Waals surface area contributed by atoms with Crippen LogP contribution >= 0.6 is 0 Å². The van der Waals surface area contributed by atoms with Crippen LogP contribution in [0, 0.1) is 46.6 Å². The van der Waals surface area contributed by atoms with Gasteiger partial charge in [0.25, 0.3) is 5.69 Å². The third-order valence-corrected chi connectivity index (χ3v) is 6.78. The number of methoxy groups -OCH3 is 1. The SMILES string of the molecule is COc1ccc(-c2cc(C)c(CCC(=O)N(c3ccccc3C#N)c3ccccc3C#N)c(C)c2)c([N+](=O)[O-])c1. The van der Waals surface area contributed by atoms with Crippen molar-refractivity contribution in [2.75, 3.05) is 12.0 Å². The van der Waals surface area contributed by atoms with Crippen LogP contribution in [-0.2, 0) is 11.2 Å². The molecule has 0 radical (unpaired) electrons. The van der Waals surface area contributed by atoms with Crippen molar-refractivity contribution in [3.8, 4) is 29.0 Å². The number of nitro groups is 1.